The van der Waals surface area contributed by atoms with Gasteiger partial charge < -0.3 is 0 Å². The van der Waals surface area contributed by atoms with E-state index >= 15 is 0 Å². The van der Waals surface area contributed by atoms with Crippen LogP contribution in [0.4, 0.5) is 0 Å². The molecule has 0 aromatic heterocycles. The molecule has 1 heterocycles. The number of hydrogen-bond donors (Lipinski definition) is 0. The van der Waals surface area contributed by atoms with E-state index in [9.17, 15) is 4.79 Å². The van der Waals surface area contributed by atoms with Crippen molar-refractivity contribution in [3.05, 3.63) is 42.2 Å². The Kier molecular flexibility index (Phi) is 1.45. The average molecular weight is 149 g/mol. The molecule has 2 rings (SSSR count). The molecule has 0 bridgehead atoms. The van der Waals surface area contributed by atoms with Gasteiger partial charge in [0.05, 0.1) is 0 Å². The Morgan fingerprint density at radius 1 is 1.09 bits per heavy atom. The third-order valence-corrected chi connectivity index (χ3v) is 1.39. The summed E-state index contributed by atoms with van der Waals surface area (Å²) in [6, 6.07) is 8.84. The van der Waals surface area contributed by atoms with Crippen molar-refractivity contribution in [1.82, 2.24) is 0 Å². The molecule has 0 amide bonds. The Hall–Kier alpha value is -1.19. The van der Waals surface area contributed by atoms with Crippen LogP contribution in [-0.4, -0.2) is 5.78 Å². The minimum Gasteiger partial charge on any atom is -0.288 e. The molecule has 11 heavy (non-hydrogen) atoms. The van der Waals surface area contributed by atoms with E-state index in [1.165, 1.54) is 0 Å². The monoisotopic (exact) mass is 149 g/mol. The highest BCUT2D eigenvalue weighted by molar-refractivity contribution is 6.04. The molecule has 1 fully saturated rings. The Bertz CT molecular complexity index is 264. The van der Waals surface area contributed by atoms with E-state index in [1.54, 1.807) is 24.3 Å². The molecular weight excluding hydrogens is 144 g/mol. The van der Waals surface area contributed by atoms with Crippen LogP contribution in [-0.2, 0) is 9.78 Å². The predicted molar refractivity (Wildman–Crippen MR) is 36.2 cm³/mol. The number of carbonyl (C=O) groups is 1. The lowest BCUT2D eigenvalue weighted by atomic mass is 10.1. The number of carbonyl (C=O) groups excluding carboxylic acids is 1. The van der Waals surface area contributed by atoms with E-state index in [0.29, 0.717) is 5.56 Å². The van der Waals surface area contributed by atoms with E-state index in [4.69, 9.17) is 0 Å². The van der Waals surface area contributed by atoms with Crippen molar-refractivity contribution in [3.63, 3.8) is 0 Å². The second-order valence-electron chi connectivity index (χ2n) is 2.15. The second-order valence-corrected chi connectivity index (χ2v) is 2.15. The molecule has 0 atom stereocenters. The fraction of sp³-hybridized carbons (Fsp3) is 0. The highest BCUT2D eigenvalue weighted by Gasteiger charge is 2.38. The molecular formula is C8H5O3. The van der Waals surface area contributed by atoms with Gasteiger partial charge in [0.25, 0.3) is 0 Å². The number of rotatable bonds is 2. The fourth-order valence-corrected chi connectivity index (χ4v) is 0.804. The van der Waals surface area contributed by atoms with Crippen LogP contribution in [0.25, 0.3) is 0 Å². The topological polar surface area (TPSA) is 42.1 Å². The van der Waals surface area contributed by atoms with Crippen molar-refractivity contribution >= 4 is 5.78 Å². The van der Waals surface area contributed by atoms with Crippen LogP contribution in [0, 0.1) is 6.29 Å². The molecule has 0 aliphatic carbocycles. The van der Waals surface area contributed by atoms with Crippen molar-refractivity contribution in [3.8, 4) is 0 Å². The van der Waals surface area contributed by atoms with Crippen molar-refractivity contribution in [1.29, 1.82) is 0 Å². The first-order valence-electron chi connectivity index (χ1n) is 3.19. The molecule has 1 saturated heterocycles. The zero-order valence-corrected chi connectivity index (χ0v) is 5.61. The van der Waals surface area contributed by atoms with E-state index in [0.717, 1.165) is 0 Å². The molecule has 3 nitrogen and oxygen atoms in total. The SMILES string of the molecule is O=C([C]1OO1)c1ccccc1. The van der Waals surface area contributed by atoms with Crippen LogP contribution in [0.2, 0.25) is 0 Å². The summed E-state index contributed by atoms with van der Waals surface area (Å²) in [6.45, 7) is 0. The van der Waals surface area contributed by atoms with Gasteiger partial charge in [0.2, 0.25) is 5.78 Å². The van der Waals surface area contributed by atoms with Gasteiger partial charge >= 0.3 is 6.29 Å². The molecule has 1 aromatic rings. The summed E-state index contributed by atoms with van der Waals surface area (Å²) < 4.78 is 0. The zero-order valence-electron chi connectivity index (χ0n) is 5.61. The number of ketones is 1. The number of Topliss-reactive ketones (excluding diaryl/α,β-unsaturated/α-hetero) is 1. The summed E-state index contributed by atoms with van der Waals surface area (Å²) in [6.07, 6.45) is 0.0798. The van der Waals surface area contributed by atoms with Crippen molar-refractivity contribution < 1.29 is 14.6 Å². The standard InChI is InChI=1S/C8H5O3/c9-7(8-10-11-8)6-4-2-1-3-5-6/h1-5H. The highest BCUT2D eigenvalue weighted by Crippen LogP contribution is 2.26. The van der Waals surface area contributed by atoms with Crippen molar-refractivity contribution in [2.24, 2.45) is 0 Å². The number of hydrogen-bond acceptors (Lipinski definition) is 3. The summed E-state index contributed by atoms with van der Waals surface area (Å²) in [4.78, 5) is 19.7. The Morgan fingerprint density at radius 3 is 2.27 bits per heavy atom. The second kappa shape index (κ2) is 2.45. The molecule has 1 radical (unpaired) electrons. The van der Waals surface area contributed by atoms with Crippen molar-refractivity contribution in [2.75, 3.05) is 0 Å². The number of benzene rings is 1. The summed E-state index contributed by atoms with van der Waals surface area (Å²) in [5.41, 5.74) is 0.583. The third-order valence-electron chi connectivity index (χ3n) is 1.39. The van der Waals surface area contributed by atoms with E-state index in [-0.39, 0.29) is 12.1 Å². The van der Waals surface area contributed by atoms with Gasteiger partial charge in [-0.3, -0.25) is 4.79 Å². The Morgan fingerprint density at radius 2 is 1.73 bits per heavy atom. The third kappa shape index (κ3) is 1.29. The lowest BCUT2D eigenvalue weighted by Gasteiger charge is -1.90. The van der Waals surface area contributed by atoms with Gasteiger partial charge in [0.1, 0.15) is 0 Å². The normalized spacial score (nSPS) is 16.4. The minimum absolute atomic E-state index is 0.0798. The average Bonchev–Trinajstić information content (AvgIpc) is 2.87. The molecule has 55 valence electrons. The predicted octanol–water partition coefficient (Wildman–Crippen LogP) is 1.32. The largest absolute Gasteiger partial charge is 0.361 e. The molecule has 0 unspecified atom stereocenters. The first-order valence-corrected chi connectivity index (χ1v) is 3.19. The van der Waals surface area contributed by atoms with Gasteiger partial charge in [-0.2, -0.15) is 9.78 Å². The summed E-state index contributed by atoms with van der Waals surface area (Å²) in [5, 5.41) is 0. The maximum atomic E-state index is 11.1. The molecule has 0 saturated carbocycles. The molecule has 0 spiro atoms. The molecule has 1 aliphatic rings. The van der Waals surface area contributed by atoms with Crippen LogP contribution in [0.5, 0.6) is 0 Å². The van der Waals surface area contributed by atoms with Gasteiger partial charge in [0, 0.05) is 5.56 Å². The summed E-state index contributed by atoms with van der Waals surface area (Å²) in [5.74, 6) is -0.203. The van der Waals surface area contributed by atoms with E-state index < -0.39 is 0 Å². The molecule has 1 aromatic carbocycles. The summed E-state index contributed by atoms with van der Waals surface area (Å²) >= 11 is 0. The Balaban J connectivity index is 2.22. The first-order chi connectivity index (χ1) is 5.38. The summed E-state index contributed by atoms with van der Waals surface area (Å²) in [7, 11) is 0. The van der Waals surface area contributed by atoms with Gasteiger partial charge in [-0.25, -0.2) is 0 Å². The van der Waals surface area contributed by atoms with E-state index in [2.05, 4.69) is 9.78 Å². The van der Waals surface area contributed by atoms with Gasteiger partial charge in [-0.1, -0.05) is 30.3 Å². The van der Waals surface area contributed by atoms with Gasteiger partial charge in [-0.05, 0) is 0 Å². The minimum atomic E-state index is -0.203. The van der Waals surface area contributed by atoms with Crippen LogP contribution in [0.15, 0.2) is 30.3 Å². The van der Waals surface area contributed by atoms with Gasteiger partial charge in [-0.15, -0.1) is 0 Å². The maximum absolute atomic E-state index is 11.1. The quantitative estimate of drug-likeness (QED) is 0.362. The van der Waals surface area contributed by atoms with Crippen molar-refractivity contribution in [2.45, 2.75) is 0 Å². The van der Waals surface area contributed by atoms with E-state index in [1.807, 2.05) is 6.07 Å². The highest BCUT2D eigenvalue weighted by atomic mass is 17.4. The van der Waals surface area contributed by atoms with Crippen LogP contribution in [0.1, 0.15) is 10.4 Å². The first kappa shape index (κ1) is 6.52. The molecule has 1 aliphatic heterocycles. The smallest absolute Gasteiger partial charge is 0.288 e. The van der Waals surface area contributed by atoms with Crippen LogP contribution >= 0.6 is 0 Å². The maximum Gasteiger partial charge on any atom is 0.361 e. The van der Waals surface area contributed by atoms with Crippen LogP contribution < -0.4 is 0 Å². The van der Waals surface area contributed by atoms with Crippen LogP contribution in [0.3, 0.4) is 0 Å². The van der Waals surface area contributed by atoms with Gasteiger partial charge in [0.15, 0.2) is 0 Å². The lowest BCUT2D eigenvalue weighted by Crippen LogP contribution is -1.98. The zero-order chi connectivity index (χ0) is 7.68. The Labute approximate surface area is 63.5 Å². The molecule has 0 N–H and O–H groups in total. The molecule has 3 heteroatoms. The lowest BCUT2D eigenvalue weighted by molar-refractivity contribution is 0.0850. The fourth-order valence-electron chi connectivity index (χ4n) is 0.804.